The van der Waals surface area contributed by atoms with Gasteiger partial charge >= 0.3 is 6.03 Å². The molecule has 16 heteroatoms. The molecule has 0 bridgehead atoms. The van der Waals surface area contributed by atoms with Crippen molar-refractivity contribution in [1.29, 1.82) is 0 Å². The molecule has 3 fully saturated rings. The number of hydrogen-bond donors (Lipinski definition) is 2. The van der Waals surface area contributed by atoms with Crippen molar-refractivity contribution >= 4 is 61.7 Å². The Morgan fingerprint density at radius 1 is 1.18 bits per heavy atom. The van der Waals surface area contributed by atoms with Crippen molar-refractivity contribution in [3.05, 3.63) is 46.4 Å². The predicted molar refractivity (Wildman–Crippen MR) is 189 cm³/mol. The van der Waals surface area contributed by atoms with E-state index in [2.05, 4.69) is 15.0 Å². The van der Waals surface area contributed by atoms with E-state index in [4.69, 9.17) is 26.1 Å². The second-order valence-electron chi connectivity index (χ2n) is 13.5. The lowest BCUT2D eigenvalue weighted by molar-refractivity contribution is -0.134. The number of benzene rings is 1. The fraction of sp³-hybridized carbons (Fsp3) is 0.500. The van der Waals surface area contributed by atoms with Crippen LogP contribution in [0.1, 0.15) is 50.6 Å². The Morgan fingerprint density at radius 2 is 1.98 bits per heavy atom. The molecule has 4 atom stereocenters. The number of urea groups is 1. The second-order valence-corrected chi connectivity index (χ2v) is 16.7. The molecule has 4 amide bonds. The number of aromatic nitrogens is 2. The fourth-order valence-electron chi connectivity index (χ4n) is 6.73. The first-order chi connectivity index (χ1) is 23.9. The Bertz CT molecular complexity index is 2000. The summed E-state index contributed by atoms with van der Waals surface area (Å²) in [5.41, 5.74) is 0.400. The maximum absolute atomic E-state index is 14.1. The maximum atomic E-state index is 14.1. The summed E-state index contributed by atoms with van der Waals surface area (Å²) in [4.78, 5) is 54.0. The molecule has 1 aromatic carbocycles. The maximum Gasteiger partial charge on any atom is 0.319 e. The van der Waals surface area contributed by atoms with Crippen molar-refractivity contribution < 1.29 is 32.3 Å². The highest BCUT2D eigenvalue weighted by Crippen LogP contribution is 2.46. The van der Waals surface area contributed by atoms with E-state index < -0.39 is 44.9 Å². The normalized spacial score (nSPS) is 26.4. The van der Waals surface area contributed by atoms with Gasteiger partial charge in [0.05, 0.1) is 24.4 Å². The van der Waals surface area contributed by atoms with E-state index in [-0.39, 0.29) is 31.2 Å². The topological polar surface area (TPSA) is 160 Å². The lowest BCUT2D eigenvalue weighted by Crippen LogP contribution is -2.57. The SMILES string of the molecule is COc1ccc2c(O[C@H]3C[C@H]4C(=O)N(C)CCCC/C=C/[C@@H]5C[C@@]5(C(=O)NS(=O)(=O)C5CC5)NC(=O)N4C3)cc(-c3nc(C)cs3)nc2c1Cl. The molecule has 2 aliphatic heterocycles. The minimum Gasteiger partial charge on any atom is -0.495 e. The number of allylic oxidation sites excluding steroid dienone is 1. The van der Waals surface area contributed by atoms with Crippen molar-refractivity contribution in [1.82, 2.24) is 29.8 Å². The monoisotopic (exact) mass is 742 g/mol. The number of amides is 4. The number of thiazole rings is 1. The van der Waals surface area contributed by atoms with Gasteiger partial charge in [-0.25, -0.2) is 23.2 Å². The van der Waals surface area contributed by atoms with Crippen LogP contribution >= 0.6 is 22.9 Å². The first-order valence-electron chi connectivity index (χ1n) is 16.7. The molecule has 1 saturated heterocycles. The molecule has 7 rings (SSSR count). The van der Waals surface area contributed by atoms with E-state index in [0.717, 1.165) is 25.0 Å². The minimum atomic E-state index is -3.85. The number of aryl methyl sites for hydroxylation is 1. The van der Waals surface area contributed by atoms with Crippen LogP contribution in [-0.4, -0.2) is 96.2 Å². The molecule has 2 saturated carbocycles. The van der Waals surface area contributed by atoms with E-state index in [1.165, 1.54) is 23.3 Å². The van der Waals surface area contributed by atoms with Crippen LogP contribution in [0.25, 0.3) is 21.6 Å². The molecule has 13 nitrogen and oxygen atoms in total. The molecule has 2 aliphatic carbocycles. The quantitative estimate of drug-likeness (QED) is 0.334. The summed E-state index contributed by atoms with van der Waals surface area (Å²) in [5.74, 6) is -0.483. The van der Waals surface area contributed by atoms with Gasteiger partial charge in [0.25, 0.3) is 5.91 Å². The van der Waals surface area contributed by atoms with Crippen LogP contribution in [0.15, 0.2) is 35.7 Å². The number of rotatable bonds is 7. The zero-order valence-electron chi connectivity index (χ0n) is 28.0. The fourth-order valence-corrected chi connectivity index (χ4v) is 9.13. The number of sulfonamides is 1. The highest BCUT2D eigenvalue weighted by atomic mass is 35.5. The van der Waals surface area contributed by atoms with Gasteiger partial charge in [-0.3, -0.25) is 14.3 Å². The molecule has 2 N–H and O–H groups in total. The van der Waals surface area contributed by atoms with Crippen LogP contribution in [0.5, 0.6) is 11.5 Å². The Labute approximate surface area is 299 Å². The molecule has 2 aromatic heterocycles. The second kappa shape index (κ2) is 13.3. The third kappa shape index (κ3) is 6.62. The van der Waals surface area contributed by atoms with Crippen molar-refractivity contribution in [2.45, 2.75) is 74.8 Å². The summed E-state index contributed by atoms with van der Waals surface area (Å²) >= 11 is 8.17. The van der Waals surface area contributed by atoms with Gasteiger partial charge in [0.1, 0.15) is 44.9 Å². The van der Waals surface area contributed by atoms with Gasteiger partial charge in [0, 0.05) is 48.5 Å². The number of pyridine rings is 1. The molecule has 4 heterocycles. The largest absolute Gasteiger partial charge is 0.495 e. The first-order valence-corrected chi connectivity index (χ1v) is 19.5. The Balaban J connectivity index is 1.21. The number of halogens is 1. The van der Waals surface area contributed by atoms with Crippen molar-refractivity contribution in [2.24, 2.45) is 5.92 Å². The van der Waals surface area contributed by atoms with Gasteiger partial charge in [-0.15, -0.1) is 11.3 Å². The van der Waals surface area contributed by atoms with Crippen LogP contribution in [-0.2, 0) is 19.6 Å². The summed E-state index contributed by atoms with van der Waals surface area (Å²) in [6.07, 6.45) is 6.96. The van der Waals surface area contributed by atoms with Crippen molar-refractivity contribution in [3.8, 4) is 22.2 Å². The lowest BCUT2D eigenvalue weighted by atomic mass is 10.1. The summed E-state index contributed by atoms with van der Waals surface area (Å²) in [7, 11) is -0.604. The van der Waals surface area contributed by atoms with E-state index in [1.807, 2.05) is 24.5 Å². The first kappa shape index (κ1) is 34.5. The molecule has 3 aromatic rings. The smallest absolute Gasteiger partial charge is 0.319 e. The molecule has 0 unspecified atom stereocenters. The molecule has 50 heavy (non-hydrogen) atoms. The van der Waals surface area contributed by atoms with Gasteiger partial charge < -0.3 is 24.6 Å². The molecule has 266 valence electrons. The number of methoxy groups -OCH3 is 1. The van der Waals surface area contributed by atoms with Crippen LogP contribution in [0.4, 0.5) is 4.79 Å². The average Bonchev–Trinajstić information content (AvgIpc) is 3.97. The average molecular weight is 743 g/mol. The number of likely N-dealkylation sites (N-methyl/N-ethyl adjacent to an activating group) is 1. The summed E-state index contributed by atoms with van der Waals surface area (Å²) in [6.45, 7) is 2.45. The van der Waals surface area contributed by atoms with Crippen molar-refractivity contribution in [2.75, 3.05) is 27.2 Å². The van der Waals surface area contributed by atoms with E-state index >= 15 is 0 Å². The van der Waals surface area contributed by atoms with Crippen molar-refractivity contribution in [3.63, 3.8) is 0 Å². The van der Waals surface area contributed by atoms with Crippen LogP contribution in [0, 0.1) is 12.8 Å². The zero-order valence-corrected chi connectivity index (χ0v) is 30.4. The van der Waals surface area contributed by atoms with Gasteiger partial charge in [0.2, 0.25) is 15.9 Å². The van der Waals surface area contributed by atoms with Gasteiger partial charge in [-0.05, 0) is 57.6 Å². The number of ether oxygens (including phenoxy) is 2. The Kier molecular flexibility index (Phi) is 9.18. The minimum absolute atomic E-state index is 0.0358. The Hall–Kier alpha value is -3.95. The molecular formula is C34H39ClN6O7S2. The molecule has 4 aliphatic rings. The Morgan fingerprint density at radius 3 is 2.70 bits per heavy atom. The highest BCUT2D eigenvalue weighted by Gasteiger charge is 2.62. The van der Waals surface area contributed by atoms with Crippen LogP contribution in [0.3, 0.4) is 0 Å². The highest BCUT2D eigenvalue weighted by molar-refractivity contribution is 7.91. The number of fused-ring (bicyclic) bond motifs is 3. The third-order valence-corrected chi connectivity index (χ3v) is 13.0. The van der Waals surface area contributed by atoms with Gasteiger partial charge in [-0.1, -0.05) is 23.8 Å². The molecular weight excluding hydrogens is 704 g/mol. The standard InChI is InChI=1S/C34H39ClN6O7S2/c1-19-18-49-30(36-19)24-15-27(23-11-12-26(47-3)28(35)29(23)37-24)48-21-14-25-31(42)40(2)13-7-5-4-6-8-20-16-34(20,38-33(44)41(25)17-21)32(43)39-50(45,46)22-9-10-22/h6,8,11-12,15,18,20-22,25H,4-5,7,9-10,13-14,16-17H2,1-3H3,(H,38,44)(H,39,43)/b8-6+/t20-,21+,25+,34-/m1/s1. The summed E-state index contributed by atoms with van der Waals surface area (Å²) < 4.78 is 39.8. The van der Waals surface area contributed by atoms with E-state index in [9.17, 15) is 22.8 Å². The van der Waals surface area contributed by atoms with E-state index in [1.54, 1.807) is 30.1 Å². The molecule has 0 radical (unpaired) electrons. The zero-order chi connectivity index (χ0) is 35.4. The summed E-state index contributed by atoms with van der Waals surface area (Å²) in [6, 6.07) is 3.79. The third-order valence-electron chi connectivity index (χ3n) is 9.81. The number of carbonyl (C=O) groups is 3. The van der Waals surface area contributed by atoms with Gasteiger partial charge in [0.15, 0.2) is 0 Å². The lowest BCUT2D eigenvalue weighted by Gasteiger charge is -2.30. The summed E-state index contributed by atoms with van der Waals surface area (Å²) in [5, 5.41) is 5.79. The predicted octanol–water partition coefficient (Wildman–Crippen LogP) is 4.43. The number of nitrogens with one attached hydrogen (secondary N) is 2. The number of hydrogen-bond acceptors (Lipinski definition) is 10. The van der Waals surface area contributed by atoms with Crippen LogP contribution in [0.2, 0.25) is 5.02 Å². The van der Waals surface area contributed by atoms with Crippen LogP contribution < -0.4 is 19.5 Å². The van der Waals surface area contributed by atoms with E-state index in [0.29, 0.717) is 57.5 Å². The van der Waals surface area contributed by atoms with Gasteiger partial charge in [-0.2, -0.15) is 0 Å². The molecule has 0 spiro atoms. The number of carbonyl (C=O) groups excluding carboxylic acids is 3. The number of nitrogens with zero attached hydrogens (tertiary/aromatic N) is 4.